The van der Waals surface area contributed by atoms with Crippen molar-refractivity contribution in [2.45, 2.75) is 6.42 Å². The van der Waals surface area contributed by atoms with Gasteiger partial charge in [-0.2, -0.15) is 0 Å². The van der Waals surface area contributed by atoms with E-state index in [4.69, 9.17) is 5.21 Å². The molecule has 52 valence electrons. The molecule has 4 nitrogen and oxygen atoms in total. The third kappa shape index (κ3) is 1.65. The van der Waals surface area contributed by atoms with Crippen LogP contribution in [0.1, 0.15) is 6.42 Å². The lowest BCUT2D eigenvalue weighted by Gasteiger charge is -2.25. The molecule has 0 aromatic heterocycles. The van der Waals surface area contributed by atoms with Gasteiger partial charge < -0.3 is 5.32 Å². The molecule has 1 amide bonds. The zero-order valence-corrected chi connectivity index (χ0v) is 5.05. The molecule has 0 radical (unpaired) electrons. The van der Waals surface area contributed by atoms with Crippen LogP contribution >= 0.6 is 0 Å². The summed E-state index contributed by atoms with van der Waals surface area (Å²) in [4.78, 5) is 10.4. The second-order valence-electron chi connectivity index (χ2n) is 2.26. The average Bonchev–Trinajstić information content (AvgIpc) is 1.78. The van der Waals surface area contributed by atoms with Gasteiger partial charge in [-0.1, -0.05) is 0 Å². The molecule has 0 aliphatic carbocycles. The van der Waals surface area contributed by atoms with Gasteiger partial charge in [-0.05, 0) is 19.0 Å². The lowest BCUT2D eigenvalue weighted by atomic mass is 9.99. The Morgan fingerprint density at radius 1 is 1.78 bits per heavy atom. The van der Waals surface area contributed by atoms with Gasteiger partial charge >= 0.3 is 0 Å². The molecule has 0 bridgehead atoms. The predicted octanol–water partition coefficient (Wildman–Crippen LogP) is -0.899. The van der Waals surface area contributed by atoms with Crippen molar-refractivity contribution in [1.29, 1.82) is 0 Å². The maximum atomic E-state index is 10.4. The minimum absolute atomic E-state index is 0.290. The van der Waals surface area contributed by atoms with Crippen LogP contribution in [-0.2, 0) is 4.79 Å². The topological polar surface area (TPSA) is 61.4 Å². The fourth-order valence-corrected chi connectivity index (χ4v) is 0.801. The van der Waals surface area contributed by atoms with Crippen molar-refractivity contribution in [1.82, 2.24) is 10.8 Å². The summed E-state index contributed by atoms with van der Waals surface area (Å²) in [5, 5.41) is 11.1. The monoisotopic (exact) mass is 130 g/mol. The maximum Gasteiger partial charge on any atom is 0.243 e. The van der Waals surface area contributed by atoms with Crippen molar-refractivity contribution in [3.05, 3.63) is 0 Å². The molecule has 0 aromatic rings. The molecule has 1 rings (SSSR count). The van der Waals surface area contributed by atoms with E-state index >= 15 is 0 Å². The van der Waals surface area contributed by atoms with Crippen LogP contribution in [-0.4, -0.2) is 24.2 Å². The van der Waals surface area contributed by atoms with Crippen LogP contribution in [0.3, 0.4) is 0 Å². The molecular formula is C5H10N2O2. The standard InChI is InChI=1S/C5H10N2O2/c8-5(7-9)1-4-2-6-3-4/h4,6,9H,1-3H2,(H,7,8). The Hall–Kier alpha value is -0.610. The van der Waals surface area contributed by atoms with Gasteiger partial charge in [-0.15, -0.1) is 0 Å². The van der Waals surface area contributed by atoms with E-state index in [0.29, 0.717) is 12.3 Å². The Morgan fingerprint density at radius 3 is 2.78 bits per heavy atom. The van der Waals surface area contributed by atoms with Crippen LogP contribution in [0.25, 0.3) is 0 Å². The van der Waals surface area contributed by atoms with Crippen LogP contribution in [0.15, 0.2) is 0 Å². The van der Waals surface area contributed by atoms with E-state index in [0.717, 1.165) is 13.1 Å². The van der Waals surface area contributed by atoms with Crippen molar-refractivity contribution in [2.75, 3.05) is 13.1 Å². The maximum absolute atomic E-state index is 10.4. The molecule has 1 aliphatic rings. The van der Waals surface area contributed by atoms with E-state index in [1.165, 1.54) is 0 Å². The third-order valence-corrected chi connectivity index (χ3v) is 1.46. The number of nitrogens with one attached hydrogen (secondary N) is 2. The third-order valence-electron chi connectivity index (χ3n) is 1.46. The summed E-state index contributed by atoms with van der Waals surface area (Å²) in [6, 6.07) is 0. The van der Waals surface area contributed by atoms with Crippen LogP contribution in [0.5, 0.6) is 0 Å². The van der Waals surface area contributed by atoms with Crippen LogP contribution in [0.4, 0.5) is 0 Å². The second-order valence-corrected chi connectivity index (χ2v) is 2.26. The number of rotatable bonds is 2. The summed E-state index contributed by atoms with van der Waals surface area (Å²) in [6.45, 7) is 1.79. The first-order valence-corrected chi connectivity index (χ1v) is 2.96. The second kappa shape index (κ2) is 2.80. The van der Waals surface area contributed by atoms with E-state index in [9.17, 15) is 4.79 Å². The highest BCUT2D eigenvalue weighted by atomic mass is 16.5. The van der Waals surface area contributed by atoms with Gasteiger partial charge in [-0.3, -0.25) is 10.0 Å². The van der Waals surface area contributed by atoms with Crippen molar-refractivity contribution < 1.29 is 10.0 Å². The lowest BCUT2D eigenvalue weighted by molar-refractivity contribution is -0.130. The van der Waals surface area contributed by atoms with Crippen molar-refractivity contribution >= 4 is 5.91 Å². The van der Waals surface area contributed by atoms with E-state index in [-0.39, 0.29) is 5.91 Å². The molecule has 0 saturated carbocycles. The largest absolute Gasteiger partial charge is 0.316 e. The summed E-state index contributed by atoms with van der Waals surface area (Å²) >= 11 is 0. The van der Waals surface area contributed by atoms with Gasteiger partial charge in [0.25, 0.3) is 0 Å². The molecule has 1 aliphatic heterocycles. The molecule has 1 heterocycles. The highest BCUT2D eigenvalue weighted by Gasteiger charge is 2.19. The molecule has 0 unspecified atom stereocenters. The SMILES string of the molecule is O=C(CC1CNC1)NO. The zero-order valence-electron chi connectivity index (χ0n) is 5.05. The number of carbonyl (C=O) groups excluding carboxylic acids is 1. The average molecular weight is 130 g/mol. The molecule has 1 fully saturated rings. The van der Waals surface area contributed by atoms with Gasteiger partial charge in [0.05, 0.1) is 0 Å². The lowest BCUT2D eigenvalue weighted by Crippen LogP contribution is -2.44. The number of carbonyl (C=O) groups is 1. The summed E-state index contributed by atoms with van der Waals surface area (Å²) in [5.74, 6) is 0.138. The zero-order chi connectivity index (χ0) is 6.69. The Kier molecular flexibility index (Phi) is 2.02. The summed E-state index contributed by atoms with van der Waals surface area (Å²) < 4.78 is 0. The molecule has 3 N–H and O–H groups in total. The van der Waals surface area contributed by atoms with E-state index in [1.807, 2.05) is 0 Å². The number of amides is 1. The van der Waals surface area contributed by atoms with Gasteiger partial charge in [0, 0.05) is 6.42 Å². The molecule has 0 spiro atoms. The predicted molar refractivity (Wildman–Crippen MR) is 30.9 cm³/mol. The first kappa shape index (κ1) is 6.51. The van der Waals surface area contributed by atoms with Gasteiger partial charge in [0.1, 0.15) is 0 Å². The highest BCUT2D eigenvalue weighted by Crippen LogP contribution is 2.06. The first-order valence-electron chi connectivity index (χ1n) is 2.96. The van der Waals surface area contributed by atoms with Crippen LogP contribution in [0, 0.1) is 5.92 Å². The normalized spacial score (nSPS) is 18.8. The fourth-order valence-electron chi connectivity index (χ4n) is 0.801. The van der Waals surface area contributed by atoms with Crippen LogP contribution in [0.2, 0.25) is 0 Å². The van der Waals surface area contributed by atoms with E-state index in [2.05, 4.69) is 5.32 Å². The molecule has 4 heteroatoms. The molecule has 0 aromatic carbocycles. The smallest absolute Gasteiger partial charge is 0.243 e. The Balaban J connectivity index is 2.09. The minimum Gasteiger partial charge on any atom is -0.316 e. The van der Waals surface area contributed by atoms with E-state index < -0.39 is 0 Å². The van der Waals surface area contributed by atoms with Gasteiger partial charge in [-0.25, -0.2) is 5.48 Å². The highest BCUT2D eigenvalue weighted by molar-refractivity contribution is 5.74. The number of hydrogen-bond acceptors (Lipinski definition) is 3. The first-order chi connectivity index (χ1) is 4.33. The molecule has 1 saturated heterocycles. The molecule has 0 atom stereocenters. The van der Waals surface area contributed by atoms with E-state index in [1.54, 1.807) is 5.48 Å². The Morgan fingerprint density at radius 2 is 2.44 bits per heavy atom. The summed E-state index contributed by atoms with van der Waals surface area (Å²) in [7, 11) is 0. The van der Waals surface area contributed by atoms with Crippen molar-refractivity contribution in [2.24, 2.45) is 5.92 Å². The van der Waals surface area contributed by atoms with Gasteiger partial charge in [0.15, 0.2) is 0 Å². The minimum atomic E-state index is -0.290. The quantitative estimate of drug-likeness (QED) is 0.335. The molecule has 9 heavy (non-hydrogen) atoms. The summed E-state index contributed by atoms with van der Waals surface area (Å²) in [5.41, 5.74) is 1.60. The van der Waals surface area contributed by atoms with Crippen molar-refractivity contribution in [3.63, 3.8) is 0 Å². The van der Waals surface area contributed by atoms with Crippen LogP contribution < -0.4 is 10.8 Å². The van der Waals surface area contributed by atoms with Crippen molar-refractivity contribution in [3.8, 4) is 0 Å². The number of hydroxylamine groups is 1. The number of hydrogen-bond donors (Lipinski definition) is 3. The van der Waals surface area contributed by atoms with Gasteiger partial charge in [0.2, 0.25) is 5.91 Å². The molecular weight excluding hydrogens is 120 g/mol. The Bertz CT molecular complexity index is 112. The fraction of sp³-hybridized carbons (Fsp3) is 0.800. The summed E-state index contributed by atoms with van der Waals surface area (Å²) in [6.07, 6.45) is 0.434. The Labute approximate surface area is 53.2 Å².